The quantitative estimate of drug-likeness (QED) is 0.758. The molecule has 0 spiro atoms. The van der Waals surface area contributed by atoms with E-state index in [1.54, 1.807) is 0 Å². The minimum Gasteiger partial charge on any atom is -0.461 e. The van der Waals surface area contributed by atoms with E-state index in [1.165, 1.54) is 23.6 Å². The predicted octanol–water partition coefficient (Wildman–Crippen LogP) is 4.36. The Kier molecular flexibility index (Phi) is 6.51. The van der Waals surface area contributed by atoms with Gasteiger partial charge in [-0.2, -0.15) is 0 Å². The van der Waals surface area contributed by atoms with Crippen LogP contribution in [0.2, 0.25) is 0 Å². The maximum absolute atomic E-state index is 10.5. The number of hydrogen-bond acceptors (Lipinski definition) is 2. The molecule has 0 saturated carbocycles. The first-order valence-electron chi connectivity index (χ1n) is 6.69. The summed E-state index contributed by atoms with van der Waals surface area (Å²) < 4.78 is 4.84. The summed E-state index contributed by atoms with van der Waals surface area (Å²) in [6, 6.07) is 16.4. The topological polar surface area (TPSA) is 26.3 Å². The van der Waals surface area contributed by atoms with Crippen LogP contribution in [0.3, 0.4) is 0 Å². The van der Waals surface area contributed by atoms with E-state index in [2.05, 4.69) is 38.1 Å². The van der Waals surface area contributed by atoms with E-state index in [0.717, 1.165) is 5.56 Å². The van der Waals surface area contributed by atoms with E-state index >= 15 is 0 Å². The van der Waals surface area contributed by atoms with Crippen LogP contribution < -0.4 is 0 Å². The molecule has 0 N–H and O–H groups in total. The Bertz CT molecular complexity index is 542. The van der Waals surface area contributed by atoms with Gasteiger partial charge in [0.25, 0.3) is 0 Å². The smallest absolute Gasteiger partial charge is 0.302 e. The van der Waals surface area contributed by atoms with Crippen molar-refractivity contribution in [1.29, 1.82) is 0 Å². The lowest BCUT2D eigenvalue weighted by atomic mass is 10.1. The number of ether oxygens (including phenoxy) is 1. The maximum atomic E-state index is 10.5. The van der Waals surface area contributed by atoms with E-state index in [1.807, 2.05) is 31.2 Å². The van der Waals surface area contributed by atoms with Gasteiger partial charge < -0.3 is 4.74 Å². The molecule has 0 radical (unpaired) electrons. The van der Waals surface area contributed by atoms with Crippen LogP contribution in [0.1, 0.15) is 29.2 Å². The second-order valence-electron chi connectivity index (χ2n) is 4.93. The highest BCUT2D eigenvalue weighted by Gasteiger charge is 1.95. The minimum atomic E-state index is -0.239. The van der Waals surface area contributed by atoms with Crippen LogP contribution in [0, 0.1) is 20.8 Å². The summed E-state index contributed by atoms with van der Waals surface area (Å²) in [7, 11) is 0. The number of carbonyl (C=O) groups is 1. The van der Waals surface area contributed by atoms with Crippen molar-refractivity contribution in [3.05, 3.63) is 70.8 Å². The summed E-state index contributed by atoms with van der Waals surface area (Å²) in [6.45, 7) is 8.00. The normalized spacial score (nSPS) is 9.40. The van der Waals surface area contributed by atoms with Crippen LogP contribution in [0.25, 0.3) is 0 Å². The summed E-state index contributed by atoms with van der Waals surface area (Å²) in [5.41, 5.74) is 4.89. The lowest BCUT2D eigenvalue weighted by molar-refractivity contribution is -0.142. The first-order valence-corrected chi connectivity index (χ1v) is 6.69. The third kappa shape index (κ3) is 6.74. The van der Waals surface area contributed by atoms with Gasteiger partial charge in [-0.05, 0) is 26.3 Å². The number of benzene rings is 2. The molecule has 0 saturated heterocycles. The molecule has 0 aliphatic carbocycles. The summed E-state index contributed by atoms with van der Waals surface area (Å²) in [4.78, 5) is 10.5. The summed E-state index contributed by atoms with van der Waals surface area (Å²) in [5, 5.41) is 0. The van der Waals surface area contributed by atoms with E-state index < -0.39 is 0 Å². The summed E-state index contributed by atoms with van der Waals surface area (Å²) in [6.07, 6.45) is 0. The van der Waals surface area contributed by atoms with Gasteiger partial charge in [-0.3, -0.25) is 4.79 Å². The second kappa shape index (κ2) is 8.16. The Morgan fingerprint density at radius 2 is 1.40 bits per heavy atom. The average molecular weight is 270 g/mol. The Labute approximate surface area is 121 Å². The molecule has 0 heterocycles. The van der Waals surface area contributed by atoms with Crippen molar-refractivity contribution < 1.29 is 9.53 Å². The van der Waals surface area contributed by atoms with Gasteiger partial charge >= 0.3 is 5.97 Å². The lowest BCUT2D eigenvalue weighted by Gasteiger charge is -2.02. The zero-order valence-corrected chi connectivity index (χ0v) is 12.6. The van der Waals surface area contributed by atoms with Crippen molar-refractivity contribution in [2.24, 2.45) is 0 Å². The molecule has 0 aliphatic heterocycles. The molecular formula is C18H22O2. The van der Waals surface area contributed by atoms with Gasteiger partial charge in [0.1, 0.15) is 6.61 Å². The van der Waals surface area contributed by atoms with E-state index in [4.69, 9.17) is 4.74 Å². The molecule has 2 aromatic carbocycles. The van der Waals surface area contributed by atoms with Gasteiger partial charge in [-0.1, -0.05) is 65.2 Å². The molecule has 0 unspecified atom stereocenters. The van der Waals surface area contributed by atoms with E-state index in [-0.39, 0.29) is 5.97 Å². The molecule has 0 bridgehead atoms. The highest BCUT2D eigenvalue weighted by Crippen LogP contribution is 2.05. The third-order valence-electron chi connectivity index (χ3n) is 2.70. The Hall–Kier alpha value is -2.09. The van der Waals surface area contributed by atoms with Crippen molar-refractivity contribution in [2.45, 2.75) is 34.3 Å². The third-order valence-corrected chi connectivity index (χ3v) is 2.70. The van der Waals surface area contributed by atoms with Crippen molar-refractivity contribution in [3.63, 3.8) is 0 Å². The fourth-order valence-corrected chi connectivity index (χ4v) is 1.79. The maximum Gasteiger partial charge on any atom is 0.302 e. The zero-order chi connectivity index (χ0) is 15.0. The van der Waals surface area contributed by atoms with Crippen LogP contribution in [-0.2, 0) is 16.1 Å². The SMILES string of the molecule is CC(=O)OCc1cccc(C)c1.Cc1cccc(C)c1. The molecule has 20 heavy (non-hydrogen) atoms. The van der Waals surface area contributed by atoms with Crippen molar-refractivity contribution >= 4 is 5.97 Å². The van der Waals surface area contributed by atoms with Gasteiger partial charge in [0.15, 0.2) is 0 Å². The number of rotatable bonds is 2. The molecule has 106 valence electrons. The van der Waals surface area contributed by atoms with E-state index in [0.29, 0.717) is 6.61 Å². The van der Waals surface area contributed by atoms with Gasteiger partial charge in [-0.15, -0.1) is 0 Å². The Morgan fingerprint density at radius 3 is 1.80 bits per heavy atom. The van der Waals surface area contributed by atoms with Gasteiger partial charge in [0.05, 0.1) is 0 Å². The van der Waals surface area contributed by atoms with Gasteiger partial charge in [-0.25, -0.2) is 0 Å². The Morgan fingerprint density at radius 1 is 0.900 bits per heavy atom. The largest absolute Gasteiger partial charge is 0.461 e. The molecule has 0 amide bonds. The summed E-state index contributed by atoms with van der Waals surface area (Å²) >= 11 is 0. The molecule has 2 heteroatoms. The van der Waals surface area contributed by atoms with Crippen molar-refractivity contribution in [2.75, 3.05) is 0 Å². The molecule has 2 nitrogen and oxygen atoms in total. The average Bonchev–Trinajstić information content (AvgIpc) is 2.37. The van der Waals surface area contributed by atoms with Gasteiger partial charge in [0, 0.05) is 6.92 Å². The zero-order valence-electron chi connectivity index (χ0n) is 12.6. The molecule has 2 aromatic rings. The van der Waals surface area contributed by atoms with Crippen LogP contribution in [0.4, 0.5) is 0 Å². The molecular weight excluding hydrogens is 248 g/mol. The first kappa shape index (κ1) is 16.0. The van der Waals surface area contributed by atoms with Crippen LogP contribution in [0.15, 0.2) is 48.5 Å². The second-order valence-corrected chi connectivity index (χ2v) is 4.93. The first-order chi connectivity index (χ1) is 9.47. The number of aryl methyl sites for hydroxylation is 3. The minimum absolute atomic E-state index is 0.239. The molecule has 0 fully saturated rings. The molecule has 0 atom stereocenters. The van der Waals surface area contributed by atoms with Crippen LogP contribution in [0.5, 0.6) is 0 Å². The van der Waals surface area contributed by atoms with Crippen LogP contribution in [-0.4, -0.2) is 5.97 Å². The molecule has 2 rings (SSSR count). The number of hydrogen-bond donors (Lipinski definition) is 0. The predicted molar refractivity (Wildman–Crippen MR) is 82.6 cm³/mol. The molecule has 0 aromatic heterocycles. The number of carbonyl (C=O) groups excluding carboxylic acids is 1. The van der Waals surface area contributed by atoms with Gasteiger partial charge in [0.2, 0.25) is 0 Å². The fraction of sp³-hybridized carbons (Fsp3) is 0.278. The monoisotopic (exact) mass is 270 g/mol. The Balaban J connectivity index is 0.000000217. The summed E-state index contributed by atoms with van der Waals surface area (Å²) in [5.74, 6) is -0.239. The molecule has 0 aliphatic rings. The van der Waals surface area contributed by atoms with Crippen LogP contribution >= 0.6 is 0 Å². The van der Waals surface area contributed by atoms with E-state index in [9.17, 15) is 4.79 Å². The fourth-order valence-electron chi connectivity index (χ4n) is 1.79. The highest BCUT2D eigenvalue weighted by molar-refractivity contribution is 5.65. The highest BCUT2D eigenvalue weighted by atomic mass is 16.5. The van der Waals surface area contributed by atoms with Crippen molar-refractivity contribution in [3.8, 4) is 0 Å². The lowest BCUT2D eigenvalue weighted by Crippen LogP contribution is -1.98. The van der Waals surface area contributed by atoms with Crippen molar-refractivity contribution in [1.82, 2.24) is 0 Å². The number of esters is 1. The standard InChI is InChI=1S/C10H12O2.C8H10/c1-8-4-3-5-10(6-8)7-12-9(2)11;1-7-4-3-5-8(2)6-7/h3-6H,7H2,1-2H3;3-6H,1-2H3.